The lowest BCUT2D eigenvalue weighted by Crippen LogP contribution is -2.16. The molecule has 0 amide bonds. The van der Waals surface area contributed by atoms with Crippen molar-refractivity contribution < 1.29 is 5.21 Å². The van der Waals surface area contributed by atoms with Gasteiger partial charge < -0.3 is 5.21 Å². The van der Waals surface area contributed by atoms with Gasteiger partial charge in [0.05, 0.1) is 6.54 Å². The predicted molar refractivity (Wildman–Crippen MR) is 26.5 cm³/mol. The van der Waals surface area contributed by atoms with Gasteiger partial charge in [-0.1, -0.05) is 0 Å². The molecule has 1 aliphatic heterocycles. The molecule has 0 aromatic carbocycles. The Hall–Kier alpha value is -0.410. The fourth-order valence-corrected chi connectivity index (χ4v) is 0.566. The van der Waals surface area contributed by atoms with Crippen molar-refractivity contribution in [2.75, 3.05) is 13.2 Å². The van der Waals surface area contributed by atoms with Crippen LogP contribution in [0.3, 0.4) is 0 Å². The average molecular weight is 100 g/mol. The van der Waals surface area contributed by atoms with Crippen molar-refractivity contribution in [1.82, 2.24) is 5.06 Å². The second kappa shape index (κ2) is 1.60. The van der Waals surface area contributed by atoms with Crippen LogP contribution in [0, 0.1) is 0 Å². The molecule has 0 unspecified atom stereocenters. The van der Waals surface area contributed by atoms with E-state index in [1.54, 1.807) is 0 Å². The number of hydrogen-bond donors (Lipinski definition) is 1. The molecule has 1 heterocycles. The van der Waals surface area contributed by atoms with Crippen molar-refractivity contribution in [3.05, 3.63) is 0 Å². The summed E-state index contributed by atoms with van der Waals surface area (Å²) in [6.45, 7) is 2.96. The Balaban J connectivity index is 2.42. The highest BCUT2D eigenvalue weighted by atomic mass is 16.5. The third-order valence-corrected chi connectivity index (χ3v) is 0.915. The first-order valence-corrected chi connectivity index (χ1v) is 2.23. The van der Waals surface area contributed by atoms with E-state index in [2.05, 4.69) is 4.99 Å². The second-order valence-electron chi connectivity index (χ2n) is 1.70. The molecule has 3 heteroatoms. The highest BCUT2D eigenvalue weighted by Crippen LogP contribution is 1.93. The molecule has 0 aromatic rings. The first kappa shape index (κ1) is 4.74. The van der Waals surface area contributed by atoms with E-state index in [-0.39, 0.29) is 0 Å². The van der Waals surface area contributed by atoms with Crippen LogP contribution in [0.15, 0.2) is 4.99 Å². The molecule has 0 aromatic heterocycles. The van der Waals surface area contributed by atoms with Gasteiger partial charge in [-0.05, 0) is 6.92 Å². The number of hydrogen-bond acceptors (Lipinski definition) is 3. The van der Waals surface area contributed by atoms with Gasteiger partial charge in [0.15, 0.2) is 0 Å². The lowest BCUT2D eigenvalue weighted by molar-refractivity contribution is -0.0656. The van der Waals surface area contributed by atoms with Crippen molar-refractivity contribution in [2.24, 2.45) is 4.99 Å². The Morgan fingerprint density at radius 1 is 1.86 bits per heavy atom. The molecule has 0 saturated carbocycles. The van der Waals surface area contributed by atoms with Crippen molar-refractivity contribution in [3.63, 3.8) is 0 Å². The third-order valence-electron chi connectivity index (χ3n) is 0.915. The van der Waals surface area contributed by atoms with Gasteiger partial charge in [0.1, 0.15) is 6.67 Å². The summed E-state index contributed by atoms with van der Waals surface area (Å²) < 4.78 is 0. The van der Waals surface area contributed by atoms with E-state index < -0.39 is 0 Å². The van der Waals surface area contributed by atoms with Crippen LogP contribution < -0.4 is 0 Å². The molecule has 0 spiro atoms. The molecule has 1 rings (SSSR count). The maximum atomic E-state index is 8.62. The molecular formula is C4H8N2O. The highest BCUT2D eigenvalue weighted by molar-refractivity contribution is 5.84. The monoisotopic (exact) mass is 100 g/mol. The first-order valence-electron chi connectivity index (χ1n) is 2.23. The van der Waals surface area contributed by atoms with E-state index in [0.717, 1.165) is 5.71 Å². The standard InChI is InChI=1S/C4H8N2O/c1-4-2-6(7)3-5-4/h7H,2-3H2,1H3. The normalized spacial score (nSPS) is 22.9. The molecule has 7 heavy (non-hydrogen) atoms. The Morgan fingerprint density at radius 2 is 2.57 bits per heavy atom. The molecule has 0 bridgehead atoms. The summed E-state index contributed by atoms with van der Waals surface area (Å²) in [6.07, 6.45) is 0. The number of nitrogens with zero attached hydrogens (tertiary/aromatic N) is 2. The SMILES string of the molecule is CC1=NCN(O)C1. The van der Waals surface area contributed by atoms with Crippen LogP contribution in [0.25, 0.3) is 0 Å². The van der Waals surface area contributed by atoms with Crippen LogP contribution in [0.4, 0.5) is 0 Å². The molecule has 0 fully saturated rings. The van der Waals surface area contributed by atoms with Gasteiger partial charge in [-0.15, -0.1) is 0 Å². The fourth-order valence-electron chi connectivity index (χ4n) is 0.566. The zero-order chi connectivity index (χ0) is 5.28. The van der Waals surface area contributed by atoms with Crippen LogP contribution in [0.5, 0.6) is 0 Å². The summed E-state index contributed by atoms with van der Waals surface area (Å²) in [7, 11) is 0. The Labute approximate surface area is 42.2 Å². The van der Waals surface area contributed by atoms with Crippen molar-refractivity contribution in [3.8, 4) is 0 Å². The van der Waals surface area contributed by atoms with Gasteiger partial charge in [-0.2, -0.15) is 5.06 Å². The Bertz CT molecular complexity index is 99.9. The van der Waals surface area contributed by atoms with E-state index in [4.69, 9.17) is 5.21 Å². The molecule has 1 aliphatic rings. The molecular weight excluding hydrogens is 92.1 g/mol. The van der Waals surface area contributed by atoms with Crippen LogP contribution in [0.1, 0.15) is 6.92 Å². The van der Waals surface area contributed by atoms with E-state index in [9.17, 15) is 0 Å². The van der Waals surface area contributed by atoms with E-state index in [0.29, 0.717) is 13.2 Å². The quantitative estimate of drug-likeness (QED) is 0.469. The molecule has 3 nitrogen and oxygen atoms in total. The molecule has 0 atom stereocenters. The fraction of sp³-hybridized carbons (Fsp3) is 0.750. The van der Waals surface area contributed by atoms with Crippen molar-refractivity contribution in [1.29, 1.82) is 0 Å². The smallest absolute Gasteiger partial charge is 0.115 e. The van der Waals surface area contributed by atoms with Gasteiger partial charge in [-0.3, -0.25) is 4.99 Å². The second-order valence-corrected chi connectivity index (χ2v) is 1.70. The summed E-state index contributed by atoms with van der Waals surface area (Å²) in [4.78, 5) is 3.91. The van der Waals surface area contributed by atoms with E-state index in [1.165, 1.54) is 5.06 Å². The lowest BCUT2D eigenvalue weighted by atomic mass is 10.4. The minimum Gasteiger partial charge on any atom is -0.312 e. The third kappa shape index (κ3) is 0.976. The lowest BCUT2D eigenvalue weighted by Gasteiger charge is -1.99. The number of hydroxylamine groups is 2. The maximum absolute atomic E-state index is 8.62. The van der Waals surface area contributed by atoms with Crippen molar-refractivity contribution >= 4 is 5.71 Å². The largest absolute Gasteiger partial charge is 0.312 e. The zero-order valence-corrected chi connectivity index (χ0v) is 4.26. The van der Waals surface area contributed by atoms with Gasteiger partial charge in [0.25, 0.3) is 0 Å². The van der Waals surface area contributed by atoms with E-state index >= 15 is 0 Å². The predicted octanol–water partition coefficient (Wildman–Crippen LogP) is 0.110. The van der Waals surface area contributed by atoms with Gasteiger partial charge in [0.2, 0.25) is 0 Å². The van der Waals surface area contributed by atoms with Crippen LogP contribution in [0.2, 0.25) is 0 Å². The van der Waals surface area contributed by atoms with Crippen LogP contribution >= 0.6 is 0 Å². The van der Waals surface area contributed by atoms with Crippen LogP contribution in [-0.4, -0.2) is 29.2 Å². The summed E-state index contributed by atoms with van der Waals surface area (Å²) in [5, 5.41) is 9.79. The van der Waals surface area contributed by atoms with Gasteiger partial charge >= 0.3 is 0 Å². The zero-order valence-electron chi connectivity index (χ0n) is 4.26. The summed E-state index contributed by atoms with van der Waals surface area (Å²) in [5.41, 5.74) is 1.00. The minimum atomic E-state index is 0.450. The van der Waals surface area contributed by atoms with E-state index in [1.807, 2.05) is 6.92 Å². The Morgan fingerprint density at radius 3 is 2.71 bits per heavy atom. The van der Waals surface area contributed by atoms with Crippen molar-refractivity contribution in [2.45, 2.75) is 6.92 Å². The maximum Gasteiger partial charge on any atom is 0.115 e. The topological polar surface area (TPSA) is 35.8 Å². The average Bonchev–Trinajstić information content (AvgIpc) is 1.87. The van der Waals surface area contributed by atoms with Gasteiger partial charge in [-0.25, -0.2) is 0 Å². The number of rotatable bonds is 0. The molecule has 0 saturated heterocycles. The first-order chi connectivity index (χ1) is 3.29. The summed E-state index contributed by atoms with van der Waals surface area (Å²) >= 11 is 0. The molecule has 0 aliphatic carbocycles. The number of aliphatic imine (C=N–C) groups is 1. The molecule has 1 N–H and O–H groups in total. The summed E-state index contributed by atoms with van der Waals surface area (Å²) in [6, 6.07) is 0. The van der Waals surface area contributed by atoms with Crippen LogP contribution in [-0.2, 0) is 0 Å². The molecule has 40 valence electrons. The summed E-state index contributed by atoms with van der Waals surface area (Å²) in [5.74, 6) is 0. The molecule has 0 radical (unpaired) electrons. The van der Waals surface area contributed by atoms with Gasteiger partial charge in [0, 0.05) is 5.71 Å². The Kier molecular flexibility index (Phi) is 1.08. The highest BCUT2D eigenvalue weighted by Gasteiger charge is 2.06. The minimum absolute atomic E-state index is 0.450.